The molecule has 1 saturated heterocycles. The largest absolute Gasteiger partial charge is 0.477 e. The third-order valence-corrected chi connectivity index (χ3v) is 7.22. The maximum atomic E-state index is 12.6. The zero-order chi connectivity index (χ0) is 21.9. The average molecular weight is 465 g/mol. The summed E-state index contributed by atoms with van der Waals surface area (Å²) in [6, 6.07) is 1.56. The van der Waals surface area contributed by atoms with Gasteiger partial charge in [0, 0.05) is 49.3 Å². The molecule has 11 heteroatoms. The second kappa shape index (κ2) is 7.56. The number of carbonyl (C=O) groups excluding carboxylic acids is 1. The lowest BCUT2D eigenvalue weighted by Crippen LogP contribution is -2.35. The Labute approximate surface area is 188 Å². The number of carbonyl (C=O) groups is 2. The first-order chi connectivity index (χ1) is 14.8. The Hall–Kier alpha value is -2.52. The molecule has 3 heterocycles. The molecule has 3 atom stereocenters. The van der Waals surface area contributed by atoms with E-state index in [1.807, 2.05) is 0 Å². The van der Waals surface area contributed by atoms with E-state index in [0.717, 1.165) is 6.54 Å². The van der Waals surface area contributed by atoms with E-state index in [9.17, 15) is 14.7 Å². The number of aromatic amines is 1. The van der Waals surface area contributed by atoms with E-state index in [1.165, 1.54) is 18.9 Å². The second-order valence-corrected chi connectivity index (χ2v) is 9.31. The number of fused-ring (bicyclic) bond motifs is 1. The molecule has 4 N–H and O–H groups in total. The van der Waals surface area contributed by atoms with Crippen LogP contribution in [0.25, 0.3) is 0 Å². The minimum Gasteiger partial charge on any atom is -0.477 e. The van der Waals surface area contributed by atoms with Crippen LogP contribution in [0.2, 0.25) is 10.0 Å². The molecule has 0 spiro atoms. The Morgan fingerprint density at radius 1 is 1.23 bits per heavy atom. The summed E-state index contributed by atoms with van der Waals surface area (Å²) in [5, 5.41) is 16.2. The number of H-pyrrole nitrogens is 1. The molecule has 0 aromatic carbocycles. The highest BCUT2D eigenvalue weighted by Gasteiger charge is 2.57. The number of piperidine rings is 1. The quantitative estimate of drug-likeness (QED) is 0.496. The average Bonchev–Trinajstić information content (AvgIpc) is 3.62. The van der Waals surface area contributed by atoms with Crippen LogP contribution < -0.4 is 15.5 Å². The van der Waals surface area contributed by atoms with E-state index < -0.39 is 5.97 Å². The number of hydrogen-bond donors (Lipinski definition) is 4. The third kappa shape index (κ3) is 3.92. The fourth-order valence-electron chi connectivity index (χ4n) is 4.22. The Morgan fingerprint density at radius 3 is 2.52 bits per heavy atom. The van der Waals surface area contributed by atoms with Crippen LogP contribution in [0.3, 0.4) is 0 Å². The van der Waals surface area contributed by atoms with Crippen molar-refractivity contribution >= 4 is 46.8 Å². The van der Waals surface area contributed by atoms with Crippen LogP contribution >= 0.6 is 23.2 Å². The highest BCUT2D eigenvalue weighted by molar-refractivity contribution is 6.44. The lowest BCUT2D eigenvalue weighted by Gasteiger charge is -2.22. The molecule has 2 aromatic heterocycles. The summed E-state index contributed by atoms with van der Waals surface area (Å²) in [6.45, 7) is 3.89. The smallest absolute Gasteiger partial charge is 0.354 e. The molecule has 2 aliphatic carbocycles. The lowest BCUT2D eigenvalue weighted by atomic mass is 10.3. The molecule has 0 bridgehead atoms. The first-order valence-corrected chi connectivity index (χ1v) is 11.0. The summed E-state index contributed by atoms with van der Waals surface area (Å²) < 4.78 is 0. The van der Waals surface area contributed by atoms with Gasteiger partial charge in [-0.05, 0) is 25.7 Å². The van der Waals surface area contributed by atoms with Gasteiger partial charge in [-0.3, -0.25) is 4.79 Å². The van der Waals surface area contributed by atoms with Gasteiger partial charge in [-0.15, -0.1) is 0 Å². The number of halogens is 2. The number of hydrogen-bond acceptors (Lipinski definition) is 6. The van der Waals surface area contributed by atoms with Gasteiger partial charge in [0.05, 0.1) is 10.0 Å². The standard InChI is InChI=1S/C20H22Cl2N6O3/c1-8-14(21)15(22)17(24-8)18(29)27-16-10-6-28(7-11(10)16)13-4-12(19(30)31)25-20(26-13)23-5-9-2-3-9/h4,9-11,16,24H,2-3,5-7H2,1H3,(H,27,29)(H,30,31)(H,23,25,26)/t10-,11+,16?. The van der Waals surface area contributed by atoms with Crippen LogP contribution in [0, 0.1) is 24.7 Å². The molecular formula is C20H22Cl2N6O3. The van der Waals surface area contributed by atoms with E-state index in [2.05, 4.69) is 30.5 Å². The van der Waals surface area contributed by atoms with Gasteiger partial charge in [0.25, 0.3) is 5.91 Å². The van der Waals surface area contributed by atoms with Gasteiger partial charge >= 0.3 is 5.97 Å². The molecule has 0 radical (unpaired) electrons. The SMILES string of the molecule is Cc1[nH]c(C(=O)NC2[C@H]3CN(c4cc(C(=O)O)nc(NCC5CC5)n4)C[C@@H]23)c(Cl)c1Cl. The van der Waals surface area contributed by atoms with Crippen LogP contribution in [-0.2, 0) is 0 Å². The molecule has 9 nitrogen and oxygen atoms in total. The fourth-order valence-corrected chi connectivity index (χ4v) is 4.64. The minimum atomic E-state index is -1.08. The van der Waals surface area contributed by atoms with Crippen molar-refractivity contribution < 1.29 is 14.7 Å². The normalized spacial score (nSPS) is 24.1. The number of amides is 1. The van der Waals surface area contributed by atoms with Gasteiger partial charge in [0.1, 0.15) is 11.5 Å². The Balaban J connectivity index is 1.23. The summed E-state index contributed by atoms with van der Waals surface area (Å²) >= 11 is 12.2. The third-order valence-electron chi connectivity index (χ3n) is 6.27. The van der Waals surface area contributed by atoms with Gasteiger partial charge < -0.3 is 25.6 Å². The van der Waals surface area contributed by atoms with Crippen LogP contribution in [0.5, 0.6) is 0 Å². The van der Waals surface area contributed by atoms with Crippen molar-refractivity contribution in [1.29, 1.82) is 0 Å². The summed E-state index contributed by atoms with van der Waals surface area (Å²) in [6.07, 6.45) is 2.36. The number of carboxylic acid groups (broad SMARTS) is 1. The molecular weight excluding hydrogens is 443 g/mol. The fraction of sp³-hybridized carbons (Fsp3) is 0.500. The number of aryl methyl sites for hydroxylation is 1. The summed E-state index contributed by atoms with van der Waals surface area (Å²) in [7, 11) is 0. The maximum absolute atomic E-state index is 12.6. The molecule has 1 aliphatic heterocycles. The van der Waals surface area contributed by atoms with E-state index in [1.54, 1.807) is 6.92 Å². The highest BCUT2D eigenvalue weighted by Crippen LogP contribution is 2.47. The minimum absolute atomic E-state index is 0.0256. The predicted octanol–water partition coefficient (Wildman–Crippen LogP) is 2.80. The van der Waals surface area contributed by atoms with Gasteiger partial charge in [-0.2, -0.15) is 4.98 Å². The molecule has 2 aromatic rings. The molecule has 2 saturated carbocycles. The van der Waals surface area contributed by atoms with E-state index in [0.29, 0.717) is 41.5 Å². The first-order valence-electron chi connectivity index (χ1n) is 10.3. The van der Waals surface area contributed by atoms with Crippen LogP contribution in [0.4, 0.5) is 11.8 Å². The van der Waals surface area contributed by atoms with Crippen molar-refractivity contribution in [2.45, 2.75) is 25.8 Å². The molecule has 3 fully saturated rings. The number of nitrogens with one attached hydrogen (secondary N) is 3. The summed E-state index contributed by atoms with van der Waals surface area (Å²) in [5.74, 6) is 0.771. The van der Waals surface area contributed by atoms with Crippen molar-refractivity contribution in [3.05, 3.63) is 33.2 Å². The van der Waals surface area contributed by atoms with E-state index in [4.69, 9.17) is 23.2 Å². The molecule has 5 rings (SSSR count). The van der Waals surface area contributed by atoms with Gasteiger partial charge in [-0.1, -0.05) is 23.2 Å². The van der Waals surface area contributed by atoms with E-state index in [-0.39, 0.29) is 40.2 Å². The van der Waals surface area contributed by atoms with E-state index >= 15 is 0 Å². The number of nitrogens with zero attached hydrogens (tertiary/aromatic N) is 3. The molecule has 1 unspecified atom stereocenters. The van der Waals surface area contributed by atoms with Crippen LogP contribution in [0.1, 0.15) is 39.5 Å². The monoisotopic (exact) mass is 464 g/mol. The number of anilines is 2. The molecule has 31 heavy (non-hydrogen) atoms. The number of aromatic carboxylic acids is 1. The summed E-state index contributed by atoms with van der Waals surface area (Å²) in [4.78, 5) is 37.7. The first kappa shape index (κ1) is 20.4. The van der Waals surface area contributed by atoms with Gasteiger partial charge in [-0.25, -0.2) is 9.78 Å². The van der Waals surface area contributed by atoms with Gasteiger partial charge in [0.15, 0.2) is 5.69 Å². The Bertz CT molecular complexity index is 1060. The maximum Gasteiger partial charge on any atom is 0.354 e. The Kier molecular flexibility index (Phi) is 4.97. The van der Waals surface area contributed by atoms with Crippen LogP contribution in [0.15, 0.2) is 6.07 Å². The van der Waals surface area contributed by atoms with Crippen molar-refractivity contribution in [2.24, 2.45) is 17.8 Å². The lowest BCUT2D eigenvalue weighted by molar-refractivity contribution is 0.0690. The topological polar surface area (TPSA) is 123 Å². The zero-order valence-electron chi connectivity index (χ0n) is 16.8. The van der Waals surface area contributed by atoms with Crippen molar-refractivity contribution in [1.82, 2.24) is 20.3 Å². The highest BCUT2D eigenvalue weighted by atomic mass is 35.5. The van der Waals surface area contributed by atoms with Crippen molar-refractivity contribution in [3.8, 4) is 0 Å². The Morgan fingerprint density at radius 2 is 1.94 bits per heavy atom. The second-order valence-electron chi connectivity index (χ2n) is 8.55. The predicted molar refractivity (Wildman–Crippen MR) is 116 cm³/mol. The zero-order valence-corrected chi connectivity index (χ0v) is 18.3. The number of rotatable bonds is 7. The summed E-state index contributed by atoms with van der Waals surface area (Å²) in [5.41, 5.74) is 0.907. The van der Waals surface area contributed by atoms with Crippen LogP contribution in [-0.4, -0.2) is 57.6 Å². The molecule has 164 valence electrons. The van der Waals surface area contributed by atoms with Crippen molar-refractivity contribution in [3.63, 3.8) is 0 Å². The number of carboxylic acids is 1. The molecule has 1 amide bonds. The molecule has 3 aliphatic rings. The number of aromatic nitrogens is 3. The van der Waals surface area contributed by atoms with Crippen molar-refractivity contribution in [2.75, 3.05) is 29.9 Å². The van der Waals surface area contributed by atoms with Gasteiger partial charge in [0.2, 0.25) is 5.95 Å².